The monoisotopic (exact) mass is 336 g/mol. The van der Waals surface area contributed by atoms with Gasteiger partial charge in [0.25, 0.3) is 0 Å². The molecule has 0 amide bonds. The number of unbranched alkanes of at least 4 members (excludes halogenated alkanes) is 4. The van der Waals surface area contributed by atoms with Crippen LogP contribution in [0.3, 0.4) is 0 Å². The standard InChI is InChI=1S/C22H24O3/c1-3-5-6-7-8-17-24-20-15-11-19(12-16-20)22(23)25-21-13-9-18(4-2)10-14-21/h2,9-16H,3,5-8,17H2,1H3. The summed E-state index contributed by atoms with van der Waals surface area (Å²) in [5, 5.41) is 0. The number of ether oxygens (including phenoxy) is 2. The van der Waals surface area contributed by atoms with Crippen LogP contribution in [0.15, 0.2) is 48.5 Å². The van der Waals surface area contributed by atoms with Crippen molar-refractivity contribution in [2.75, 3.05) is 6.61 Å². The molecule has 3 nitrogen and oxygen atoms in total. The van der Waals surface area contributed by atoms with Crippen LogP contribution in [-0.2, 0) is 0 Å². The molecule has 0 spiro atoms. The topological polar surface area (TPSA) is 35.5 Å². The van der Waals surface area contributed by atoms with Crippen LogP contribution in [0.1, 0.15) is 54.9 Å². The van der Waals surface area contributed by atoms with E-state index in [-0.39, 0.29) is 0 Å². The fourth-order valence-electron chi connectivity index (χ4n) is 2.37. The average molecular weight is 336 g/mol. The van der Waals surface area contributed by atoms with Crippen LogP contribution in [0, 0.1) is 12.3 Å². The third kappa shape index (κ3) is 6.35. The molecular weight excluding hydrogens is 312 g/mol. The van der Waals surface area contributed by atoms with Crippen molar-refractivity contribution in [3.63, 3.8) is 0 Å². The van der Waals surface area contributed by atoms with E-state index in [9.17, 15) is 4.79 Å². The fraction of sp³-hybridized carbons (Fsp3) is 0.318. The molecule has 25 heavy (non-hydrogen) atoms. The first kappa shape index (κ1) is 18.6. The van der Waals surface area contributed by atoms with Crippen molar-refractivity contribution < 1.29 is 14.3 Å². The molecule has 2 aromatic rings. The second-order valence-corrected chi connectivity index (χ2v) is 5.85. The number of benzene rings is 2. The number of esters is 1. The first-order valence-corrected chi connectivity index (χ1v) is 8.74. The van der Waals surface area contributed by atoms with Crippen LogP contribution in [0.4, 0.5) is 0 Å². The Kier molecular flexibility index (Phi) is 7.59. The van der Waals surface area contributed by atoms with Gasteiger partial charge in [0, 0.05) is 5.56 Å². The number of hydrogen-bond donors (Lipinski definition) is 0. The zero-order valence-corrected chi connectivity index (χ0v) is 14.7. The highest BCUT2D eigenvalue weighted by Crippen LogP contribution is 2.17. The van der Waals surface area contributed by atoms with Crippen molar-refractivity contribution in [1.29, 1.82) is 0 Å². The van der Waals surface area contributed by atoms with Crippen molar-refractivity contribution in [3.8, 4) is 23.8 Å². The fourth-order valence-corrected chi connectivity index (χ4v) is 2.37. The minimum atomic E-state index is -0.403. The molecule has 0 unspecified atom stereocenters. The number of rotatable bonds is 9. The van der Waals surface area contributed by atoms with E-state index in [1.807, 2.05) is 0 Å². The van der Waals surface area contributed by atoms with Gasteiger partial charge in [0.15, 0.2) is 0 Å². The molecule has 0 aliphatic heterocycles. The van der Waals surface area contributed by atoms with Gasteiger partial charge >= 0.3 is 5.97 Å². The maximum absolute atomic E-state index is 12.1. The first-order chi connectivity index (χ1) is 12.2. The third-order valence-electron chi connectivity index (χ3n) is 3.84. The molecule has 0 bridgehead atoms. The van der Waals surface area contributed by atoms with Gasteiger partial charge in [0.2, 0.25) is 0 Å². The number of terminal acetylenes is 1. The maximum Gasteiger partial charge on any atom is 0.343 e. The molecule has 0 heterocycles. The zero-order chi connectivity index (χ0) is 17.9. The predicted molar refractivity (Wildman–Crippen MR) is 100 cm³/mol. The van der Waals surface area contributed by atoms with Crippen molar-refractivity contribution in [2.45, 2.75) is 39.0 Å². The lowest BCUT2D eigenvalue weighted by Crippen LogP contribution is -2.08. The smallest absolute Gasteiger partial charge is 0.343 e. The van der Waals surface area contributed by atoms with Gasteiger partial charge in [-0.05, 0) is 55.0 Å². The Balaban J connectivity index is 1.80. The molecule has 0 aliphatic rings. The van der Waals surface area contributed by atoms with E-state index < -0.39 is 5.97 Å². The Labute approximate surface area is 150 Å². The summed E-state index contributed by atoms with van der Waals surface area (Å²) in [5.74, 6) is 3.36. The first-order valence-electron chi connectivity index (χ1n) is 8.74. The molecule has 130 valence electrons. The van der Waals surface area contributed by atoms with Gasteiger partial charge in [-0.2, -0.15) is 0 Å². The zero-order valence-electron chi connectivity index (χ0n) is 14.7. The second-order valence-electron chi connectivity index (χ2n) is 5.85. The van der Waals surface area contributed by atoms with Crippen LogP contribution < -0.4 is 9.47 Å². The van der Waals surface area contributed by atoms with Crippen molar-refractivity contribution in [2.24, 2.45) is 0 Å². The molecule has 2 rings (SSSR count). The Bertz CT molecular complexity index is 694. The normalized spacial score (nSPS) is 10.1. The molecular formula is C22H24O3. The Morgan fingerprint density at radius 2 is 1.56 bits per heavy atom. The molecule has 3 heteroatoms. The third-order valence-corrected chi connectivity index (χ3v) is 3.84. The van der Waals surface area contributed by atoms with Crippen LogP contribution >= 0.6 is 0 Å². The SMILES string of the molecule is C#Cc1ccc(OC(=O)c2ccc(OCCCCCCC)cc2)cc1. The minimum absolute atomic E-state index is 0.403. The summed E-state index contributed by atoms with van der Waals surface area (Å²) in [5.41, 5.74) is 1.23. The summed E-state index contributed by atoms with van der Waals surface area (Å²) >= 11 is 0. The minimum Gasteiger partial charge on any atom is -0.494 e. The number of carbonyl (C=O) groups is 1. The van der Waals surface area contributed by atoms with Crippen LogP contribution in [0.25, 0.3) is 0 Å². The number of carbonyl (C=O) groups excluding carboxylic acids is 1. The highest BCUT2D eigenvalue weighted by molar-refractivity contribution is 5.91. The van der Waals surface area contributed by atoms with Crippen LogP contribution in [-0.4, -0.2) is 12.6 Å². The summed E-state index contributed by atoms with van der Waals surface area (Å²) in [6.45, 7) is 2.91. The van der Waals surface area contributed by atoms with Gasteiger partial charge in [0.1, 0.15) is 11.5 Å². The molecule has 0 saturated heterocycles. The van der Waals surface area contributed by atoms with Gasteiger partial charge in [-0.3, -0.25) is 0 Å². The molecule has 0 atom stereocenters. The summed E-state index contributed by atoms with van der Waals surface area (Å²) < 4.78 is 11.0. The van der Waals surface area contributed by atoms with Crippen molar-refractivity contribution >= 4 is 5.97 Å². The molecule has 0 aromatic heterocycles. The van der Waals surface area contributed by atoms with E-state index in [1.165, 1.54) is 25.7 Å². The van der Waals surface area contributed by atoms with Crippen molar-refractivity contribution in [1.82, 2.24) is 0 Å². The largest absolute Gasteiger partial charge is 0.494 e. The highest BCUT2D eigenvalue weighted by atomic mass is 16.5. The number of hydrogen-bond acceptors (Lipinski definition) is 3. The molecule has 0 N–H and O–H groups in total. The summed E-state index contributed by atoms with van der Waals surface area (Å²) in [7, 11) is 0. The lowest BCUT2D eigenvalue weighted by molar-refractivity contribution is 0.0734. The molecule has 0 saturated carbocycles. The Morgan fingerprint density at radius 3 is 2.20 bits per heavy atom. The lowest BCUT2D eigenvalue weighted by Gasteiger charge is -2.08. The van der Waals surface area contributed by atoms with Gasteiger partial charge in [0.05, 0.1) is 12.2 Å². The highest BCUT2D eigenvalue weighted by Gasteiger charge is 2.08. The summed E-state index contributed by atoms with van der Waals surface area (Å²) in [6.07, 6.45) is 11.3. The summed E-state index contributed by atoms with van der Waals surface area (Å²) in [4.78, 5) is 12.1. The maximum atomic E-state index is 12.1. The van der Waals surface area contributed by atoms with Gasteiger partial charge < -0.3 is 9.47 Å². The molecule has 0 radical (unpaired) electrons. The molecule has 2 aromatic carbocycles. The van der Waals surface area contributed by atoms with Crippen LogP contribution in [0.5, 0.6) is 11.5 Å². The Morgan fingerprint density at radius 1 is 0.920 bits per heavy atom. The second kappa shape index (κ2) is 10.2. The lowest BCUT2D eigenvalue weighted by atomic mass is 10.2. The Hall–Kier alpha value is -2.73. The quantitative estimate of drug-likeness (QED) is 0.272. The van der Waals surface area contributed by atoms with E-state index >= 15 is 0 Å². The van der Waals surface area contributed by atoms with E-state index in [0.717, 1.165) is 17.7 Å². The summed E-state index contributed by atoms with van der Waals surface area (Å²) in [6, 6.07) is 13.9. The van der Waals surface area contributed by atoms with E-state index in [0.29, 0.717) is 17.9 Å². The average Bonchev–Trinajstić information content (AvgIpc) is 2.65. The van der Waals surface area contributed by atoms with Crippen molar-refractivity contribution in [3.05, 3.63) is 59.7 Å². The van der Waals surface area contributed by atoms with Gasteiger partial charge in [-0.15, -0.1) is 6.42 Å². The van der Waals surface area contributed by atoms with E-state index in [4.69, 9.17) is 15.9 Å². The van der Waals surface area contributed by atoms with E-state index in [1.54, 1.807) is 48.5 Å². The molecule has 0 fully saturated rings. The van der Waals surface area contributed by atoms with Gasteiger partial charge in [-0.25, -0.2) is 4.79 Å². The van der Waals surface area contributed by atoms with E-state index in [2.05, 4.69) is 12.8 Å². The van der Waals surface area contributed by atoms with Gasteiger partial charge in [-0.1, -0.05) is 38.5 Å². The predicted octanol–water partition coefficient (Wildman–Crippen LogP) is 5.24. The molecule has 0 aliphatic carbocycles. The van der Waals surface area contributed by atoms with Crippen LogP contribution in [0.2, 0.25) is 0 Å².